The van der Waals surface area contributed by atoms with E-state index in [0.29, 0.717) is 12.3 Å². The maximum atomic E-state index is 13.2. The van der Waals surface area contributed by atoms with Crippen LogP contribution >= 0.6 is 0 Å². The minimum Gasteiger partial charge on any atom is -0.495 e. The molecular formula is C25H32N2O3. The zero-order chi connectivity index (χ0) is 22.0. The van der Waals surface area contributed by atoms with Crippen LogP contribution in [-0.2, 0) is 9.59 Å². The molecule has 1 aliphatic heterocycles. The molecule has 0 bridgehead atoms. The van der Waals surface area contributed by atoms with Crippen molar-refractivity contribution in [1.82, 2.24) is 0 Å². The molecule has 2 aromatic rings. The molecule has 2 amide bonds. The van der Waals surface area contributed by atoms with Crippen molar-refractivity contribution in [3.8, 4) is 5.75 Å². The van der Waals surface area contributed by atoms with E-state index in [2.05, 4.69) is 45.1 Å². The van der Waals surface area contributed by atoms with Crippen LogP contribution in [0.4, 0.5) is 11.4 Å². The highest BCUT2D eigenvalue weighted by molar-refractivity contribution is 6.04. The first kappa shape index (κ1) is 21.9. The lowest BCUT2D eigenvalue weighted by molar-refractivity contribution is -0.122. The normalized spacial score (nSPS) is 16.5. The third-order valence-corrected chi connectivity index (χ3v) is 5.74. The highest BCUT2D eigenvalue weighted by Crippen LogP contribution is 2.36. The number of benzene rings is 2. The van der Waals surface area contributed by atoms with E-state index < -0.39 is 5.92 Å². The molecule has 1 atom stereocenters. The molecule has 0 unspecified atom stereocenters. The molecule has 0 spiro atoms. The van der Waals surface area contributed by atoms with E-state index in [0.717, 1.165) is 28.1 Å². The molecule has 0 aromatic heterocycles. The smallest absolute Gasteiger partial charge is 0.229 e. The summed E-state index contributed by atoms with van der Waals surface area (Å²) >= 11 is 0. The van der Waals surface area contributed by atoms with Gasteiger partial charge in [0.1, 0.15) is 5.75 Å². The SMILES string of the molecule is COc1ccc(C)cc1N1C[C@H](C(=O)Nc2c(C(C)C)cccc2C(C)C)CC1=O. The second-order valence-electron chi connectivity index (χ2n) is 8.69. The topological polar surface area (TPSA) is 58.6 Å². The van der Waals surface area contributed by atoms with E-state index in [-0.39, 0.29) is 30.1 Å². The van der Waals surface area contributed by atoms with Crippen LogP contribution in [0.5, 0.6) is 5.75 Å². The van der Waals surface area contributed by atoms with Gasteiger partial charge in [-0.3, -0.25) is 9.59 Å². The standard InChI is InChI=1S/C25H32N2O3/c1-15(2)19-8-7-9-20(16(3)4)24(19)26-25(29)18-13-23(28)27(14-18)21-12-17(5)10-11-22(21)30-6/h7-12,15-16,18H,13-14H2,1-6H3,(H,26,29)/t18-/m1/s1. The number of ether oxygens (including phenoxy) is 1. The third-order valence-electron chi connectivity index (χ3n) is 5.74. The number of anilines is 2. The molecule has 1 aliphatic rings. The average Bonchev–Trinajstić information content (AvgIpc) is 3.09. The van der Waals surface area contributed by atoms with Gasteiger partial charge in [0.25, 0.3) is 0 Å². The Kier molecular flexibility index (Phi) is 6.49. The quantitative estimate of drug-likeness (QED) is 0.711. The number of rotatable bonds is 6. The maximum Gasteiger partial charge on any atom is 0.229 e. The van der Waals surface area contributed by atoms with Gasteiger partial charge < -0.3 is 15.0 Å². The molecule has 5 nitrogen and oxygen atoms in total. The van der Waals surface area contributed by atoms with E-state index in [1.165, 1.54) is 0 Å². The van der Waals surface area contributed by atoms with Crippen LogP contribution in [0, 0.1) is 12.8 Å². The Hall–Kier alpha value is -2.82. The largest absolute Gasteiger partial charge is 0.495 e. The Morgan fingerprint density at radius 3 is 2.30 bits per heavy atom. The zero-order valence-electron chi connectivity index (χ0n) is 18.8. The number of methoxy groups -OCH3 is 1. The number of aryl methyl sites for hydroxylation is 1. The fraction of sp³-hybridized carbons (Fsp3) is 0.440. The summed E-state index contributed by atoms with van der Waals surface area (Å²) in [7, 11) is 1.59. The number of nitrogens with zero attached hydrogens (tertiary/aromatic N) is 1. The zero-order valence-corrected chi connectivity index (χ0v) is 18.8. The molecule has 3 rings (SSSR count). The van der Waals surface area contributed by atoms with Crippen LogP contribution in [0.25, 0.3) is 0 Å². The van der Waals surface area contributed by atoms with Gasteiger partial charge in [0.05, 0.1) is 18.7 Å². The fourth-order valence-electron chi connectivity index (χ4n) is 4.05. The lowest BCUT2D eigenvalue weighted by atomic mass is 9.92. The van der Waals surface area contributed by atoms with Crippen LogP contribution in [0.2, 0.25) is 0 Å². The lowest BCUT2D eigenvalue weighted by Crippen LogP contribution is -2.29. The van der Waals surface area contributed by atoms with E-state index in [1.54, 1.807) is 12.0 Å². The first-order valence-electron chi connectivity index (χ1n) is 10.6. The van der Waals surface area contributed by atoms with Crippen LogP contribution < -0.4 is 15.0 Å². The average molecular weight is 409 g/mol. The monoisotopic (exact) mass is 408 g/mol. The van der Waals surface area contributed by atoms with Crippen molar-refractivity contribution in [2.24, 2.45) is 5.92 Å². The summed E-state index contributed by atoms with van der Waals surface area (Å²) < 4.78 is 5.44. The Morgan fingerprint density at radius 1 is 1.10 bits per heavy atom. The number of para-hydroxylation sites is 1. The summed E-state index contributed by atoms with van der Waals surface area (Å²) in [5.74, 6) is 0.660. The molecule has 1 fully saturated rings. The summed E-state index contributed by atoms with van der Waals surface area (Å²) in [6.45, 7) is 10.8. The second-order valence-corrected chi connectivity index (χ2v) is 8.69. The lowest BCUT2D eigenvalue weighted by Gasteiger charge is -2.22. The van der Waals surface area contributed by atoms with E-state index in [4.69, 9.17) is 4.74 Å². The molecule has 1 saturated heterocycles. The number of nitrogens with one attached hydrogen (secondary N) is 1. The van der Waals surface area contributed by atoms with Crippen molar-refractivity contribution in [2.75, 3.05) is 23.9 Å². The summed E-state index contributed by atoms with van der Waals surface area (Å²) in [6.07, 6.45) is 0.198. The van der Waals surface area contributed by atoms with Crippen LogP contribution in [-0.4, -0.2) is 25.5 Å². The molecule has 1 N–H and O–H groups in total. The summed E-state index contributed by atoms with van der Waals surface area (Å²) in [5.41, 5.74) is 4.90. The predicted molar refractivity (Wildman–Crippen MR) is 121 cm³/mol. The van der Waals surface area contributed by atoms with E-state index >= 15 is 0 Å². The van der Waals surface area contributed by atoms with Crippen LogP contribution in [0.3, 0.4) is 0 Å². The second kappa shape index (κ2) is 8.90. The van der Waals surface area contributed by atoms with Gasteiger partial charge in [-0.15, -0.1) is 0 Å². The van der Waals surface area contributed by atoms with Crippen molar-refractivity contribution in [3.63, 3.8) is 0 Å². The summed E-state index contributed by atoms with van der Waals surface area (Å²) in [6, 6.07) is 11.9. The third kappa shape index (κ3) is 4.35. The maximum absolute atomic E-state index is 13.2. The van der Waals surface area contributed by atoms with Crippen molar-refractivity contribution in [3.05, 3.63) is 53.1 Å². The van der Waals surface area contributed by atoms with Crippen LogP contribution in [0.15, 0.2) is 36.4 Å². The Balaban J connectivity index is 1.85. The molecule has 0 saturated carbocycles. The van der Waals surface area contributed by atoms with Crippen molar-refractivity contribution in [1.29, 1.82) is 0 Å². The van der Waals surface area contributed by atoms with Crippen LogP contribution in [0.1, 0.15) is 62.6 Å². The molecule has 0 aliphatic carbocycles. The fourth-order valence-corrected chi connectivity index (χ4v) is 4.05. The van der Waals surface area contributed by atoms with Crippen molar-refractivity contribution in [2.45, 2.75) is 52.9 Å². The molecule has 5 heteroatoms. The first-order valence-corrected chi connectivity index (χ1v) is 10.6. The molecule has 160 valence electrons. The van der Waals surface area contributed by atoms with Gasteiger partial charge in [0, 0.05) is 18.7 Å². The van der Waals surface area contributed by atoms with E-state index in [1.807, 2.05) is 31.2 Å². The first-order chi connectivity index (χ1) is 14.2. The number of hydrogen-bond donors (Lipinski definition) is 1. The van der Waals surface area contributed by atoms with Gasteiger partial charge in [-0.05, 0) is 47.6 Å². The van der Waals surface area contributed by atoms with Gasteiger partial charge in [0.15, 0.2) is 0 Å². The summed E-state index contributed by atoms with van der Waals surface area (Å²) in [5, 5.41) is 3.17. The number of carbonyl (C=O) groups is 2. The number of amides is 2. The van der Waals surface area contributed by atoms with E-state index in [9.17, 15) is 9.59 Å². The number of carbonyl (C=O) groups excluding carboxylic acids is 2. The minimum absolute atomic E-state index is 0.0553. The van der Waals surface area contributed by atoms with Gasteiger partial charge in [0.2, 0.25) is 11.8 Å². The molecule has 30 heavy (non-hydrogen) atoms. The van der Waals surface area contributed by atoms with Crippen molar-refractivity contribution >= 4 is 23.2 Å². The highest BCUT2D eigenvalue weighted by atomic mass is 16.5. The van der Waals surface area contributed by atoms with Crippen molar-refractivity contribution < 1.29 is 14.3 Å². The minimum atomic E-state index is -0.400. The number of hydrogen-bond acceptors (Lipinski definition) is 3. The summed E-state index contributed by atoms with van der Waals surface area (Å²) in [4.78, 5) is 27.6. The molecule has 1 heterocycles. The van der Waals surface area contributed by atoms with Gasteiger partial charge in [-0.2, -0.15) is 0 Å². The van der Waals surface area contributed by atoms with Gasteiger partial charge in [-0.1, -0.05) is 52.0 Å². The van der Waals surface area contributed by atoms with Gasteiger partial charge in [-0.25, -0.2) is 0 Å². The molecule has 2 aromatic carbocycles. The molecule has 0 radical (unpaired) electrons. The molecular weight excluding hydrogens is 376 g/mol. The Morgan fingerprint density at radius 2 is 1.73 bits per heavy atom. The Bertz CT molecular complexity index is 923. The predicted octanol–water partition coefficient (Wildman–Crippen LogP) is 5.24. The highest BCUT2D eigenvalue weighted by Gasteiger charge is 2.36. The Labute approximate surface area is 179 Å². The van der Waals surface area contributed by atoms with Gasteiger partial charge >= 0.3 is 0 Å².